The topological polar surface area (TPSA) is 91.2 Å². The van der Waals surface area contributed by atoms with E-state index in [1.165, 1.54) is 18.5 Å². The van der Waals surface area contributed by atoms with Crippen LogP contribution < -0.4 is 5.32 Å². The van der Waals surface area contributed by atoms with Crippen molar-refractivity contribution < 1.29 is 31.9 Å². The summed E-state index contributed by atoms with van der Waals surface area (Å²) in [7, 11) is 0. The van der Waals surface area contributed by atoms with Crippen LogP contribution in [0, 0.1) is 11.6 Å². The second-order valence-corrected chi connectivity index (χ2v) is 5.76. The zero-order chi connectivity index (χ0) is 20.9. The van der Waals surface area contributed by atoms with Gasteiger partial charge in [-0.2, -0.15) is 0 Å². The summed E-state index contributed by atoms with van der Waals surface area (Å²) in [6.07, 6.45) is -1.85. The SMILES string of the molecule is C[C@@H](Nc1ncnc(-c2ccc(F)cn2)c1F)C(=O)N1CCC1.OC(F)(F)F. The first-order chi connectivity index (χ1) is 13.1. The number of anilines is 1. The van der Waals surface area contributed by atoms with E-state index in [0.717, 1.165) is 25.7 Å². The van der Waals surface area contributed by atoms with Crippen molar-refractivity contribution in [2.75, 3.05) is 18.4 Å². The highest BCUT2D eigenvalue weighted by atomic mass is 19.4. The average molecular weight is 405 g/mol. The van der Waals surface area contributed by atoms with Crippen molar-refractivity contribution in [3.63, 3.8) is 0 Å². The van der Waals surface area contributed by atoms with Gasteiger partial charge in [-0.05, 0) is 25.5 Å². The summed E-state index contributed by atoms with van der Waals surface area (Å²) >= 11 is 0. The molecule has 2 N–H and O–H groups in total. The van der Waals surface area contributed by atoms with Crippen molar-refractivity contribution in [3.05, 3.63) is 36.3 Å². The van der Waals surface area contributed by atoms with Gasteiger partial charge in [-0.15, -0.1) is 13.2 Å². The first kappa shape index (κ1) is 21.4. The first-order valence-electron chi connectivity index (χ1n) is 8.03. The van der Waals surface area contributed by atoms with Gasteiger partial charge in [-0.25, -0.2) is 18.7 Å². The van der Waals surface area contributed by atoms with E-state index in [0.29, 0.717) is 0 Å². The molecule has 0 aliphatic carbocycles. The Labute approximate surface area is 156 Å². The molecule has 1 amide bonds. The molecule has 0 radical (unpaired) electrons. The summed E-state index contributed by atoms with van der Waals surface area (Å²) in [5, 5.41) is 9.28. The molecule has 0 saturated carbocycles. The molecule has 3 rings (SSSR count). The van der Waals surface area contributed by atoms with E-state index >= 15 is 0 Å². The minimum Gasteiger partial charge on any atom is -0.356 e. The van der Waals surface area contributed by atoms with Crippen LogP contribution in [0.2, 0.25) is 0 Å². The first-order valence-corrected chi connectivity index (χ1v) is 8.03. The molecule has 1 aliphatic rings. The summed E-state index contributed by atoms with van der Waals surface area (Å²) < 4.78 is 57.2. The minimum absolute atomic E-state index is 0.0499. The van der Waals surface area contributed by atoms with Crippen molar-refractivity contribution in [1.82, 2.24) is 19.9 Å². The Kier molecular flexibility index (Phi) is 6.78. The van der Waals surface area contributed by atoms with Crippen LogP contribution in [-0.2, 0) is 4.79 Å². The number of hydrogen-bond donors (Lipinski definition) is 2. The number of aromatic nitrogens is 3. The Hall–Kier alpha value is -2.89. The molecule has 2 aromatic rings. The monoisotopic (exact) mass is 405 g/mol. The van der Waals surface area contributed by atoms with Gasteiger partial charge in [0, 0.05) is 13.1 Å². The molecular weight excluding hydrogens is 389 g/mol. The van der Waals surface area contributed by atoms with Crippen LogP contribution in [0.1, 0.15) is 13.3 Å². The molecule has 1 aliphatic heterocycles. The molecule has 0 spiro atoms. The standard InChI is InChI=1S/C15H15F2N5O.CHF3O/c1-9(15(23)22-5-2-6-22)21-14-12(17)13(19-8-20-14)11-4-3-10(16)7-18-11;2-1(3,4)5/h3-4,7-9H,2,5-6H2,1H3,(H,19,20,21);5H/t9-;/m1./s1. The van der Waals surface area contributed by atoms with Crippen LogP contribution in [0.4, 0.5) is 27.8 Å². The number of rotatable bonds is 4. The second-order valence-electron chi connectivity index (χ2n) is 5.76. The van der Waals surface area contributed by atoms with E-state index < -0.39 is 24.0 Å². The summed E-state index contributed by atoms with van der Waals surface area (Å²) in [6.45, 7) is 3.10. The molecule has 1 saturated heterocycles. The van der Waals surface area contributed by atoms with Crippen LogP contribution in [0.25, 0.3) is 11.4 Å². The van der Waals surface area contributed by atoms with Gasteiger partial charge in [-0.3, -0.25) is 9.78 Å². The molecule has 0 unspecified atom stereocenters. The summed E-state index contributed by atoms with van der Waals surface area (Å²) in [5.74, 6) is -1.43. The summed E-state index contributed by atoms with van der Waals surface area (Å²) in [5.41, 5.74) is 0.141. The lowest BCUT2D eigenvalue weighted by molar-refractivity contribution is -0.295. The van der Waals surface area contributed by atoms with Gasteiger partial charge in [0.05, 0.1) is 11.9 Å². The maximum absolute atomic E-state index is 14.5. The van der Waals surface area contributed by atoms with Crippen LogP contribution in [0.5, 0.6) is 0 Å². The molecule has 0 aromatic carbocycles. The largest absolute Gasteiger partial charge is 0.519 e. The normalized spacial score (nSPS) is 14.5. The lowest BCUT2D eigenvalue weighted by Gasteiger charge is -2.33. The van der Waals surface area contributed by atoms with Gasteiger partial charge in [0.15, 0.2) is 11.6 Å². The number of pyridine rings is 1. The highest BCUT2D eigenvalue weighted by molar-refractivity contribution is 5.84. The highest BCUT2D eigenvalue weighted by Crippen LogP contribution is 2.23. The minimum atomic E-state index is -5.00. The quantitative estimate of drug-likeness (QED) is 0.759. The summed E-state index contributed by atoms with van der Waals surface area (Å²) in [6, 6.07) is 1.90. The van der Waals surface area contributed by atoms with Gasteiger partial charge in [0.1, 0.15) is 23.9 Å². The number of nitrogens with one attached hydrogen (secondary N) is 1. The third-order valence-electron chi connectivity index (χ3n) is 3.65. The molecule has 1 fully saturated rings. The number of hydrogen-bond acceptors (Lipinski definition) is 6. The average Bonchev–Trinajstić information content (AvgIpc) is 2.54. The molecule has 0 bridgehead atoms. The lowest BCUT2D eigenvalue weighted by atomic mass is 10.1. The Bertz CT molecular complexity index is 806. The third-order valence-corrected chi connectivity index (χ3v) is 3.65. The van der Waals surface area contributed by atoms with Crippen LogP contribution >= 0.6 is 0 Å². The number of alkyl halides is 3. The Morgan fingerprint density at radius 2 is 1.86 bits per heavy atom. The van der Waals surface area contributed by atoms with Gasteiger partial charge in [0.2, 0.25) is 5.91 Å². The fourth-order valence-electron chi connectivity index (χ4n) is 2.24. The van der Waals surface area contributed by atoms with Crippen molar-refractivity contribution >= 4 is 11.7 Å². The lowest BCUT2D eigenvalue weighted by Crippen LogP contribution is -2.48. The second kappa shape index (κ2) is 8.87. The molecule has 2 aromatic heterocycles. The molecule has 3 heterocycles. The van der Waals surface area contributed by atoms with E-state index in [2.05, 4.69) is 20.3 Å². The number of halogens is 5. The Morgan fingerprint density at radius 3 is 2.36 bits per heavy atom. The molecular formula is C16H16F5N5O2. The Balaban J connectivity index is 0.000000500. The van der Waals surface area contributed by atoms with E-state index in [1.54, 1.807) is 11.8 Å². The van der Waals surface area contributed by atoms with E-state index in [9.17, 15) is 26.7 Å². The summed E-state index contributed by atoms with van der Waals surface area (Å²) in [4.78, 5) is 25.3. The maximum Gasteiger partial charge on any atom is 0.519 e. The molecule has 152 valence electrons. The molecule has 7 nitrogen and oxygen atoms in total. The van der Waals surface area contributed by atoms with Gasteiger partial charge < -0.3 is 15.3 Å². The molecule has 1 atom stereocenters. The zero-order valence-corrected chi connectivity index (χ0v) is 14.5. The smallest absolute Gasteiger partial charge is 0.356 e. The van der Waals surface area contributed by atoms with Gasteiger partial charge in [0.25, 0.3) is 0 Å². The number of nitrogens with zero attached hydrogens (tertiary/aromatic N) is 4. The van der Waals surface area contributed by atoms with E-state index in [4.69, 9.17) is 5.11 Å². The van der Waals surface area contributed by atoms with Crippen molar-refractivity contribution in [2.24, 2.45) is 0 Å². The number of carbonyl (C=O) groups is 1. The predicted molar refractivity (Wildman–Crippen MR) is 87.7 cm³/mol. The van der Waals surface area contributed by atoms with E-state index in [1.807, 2.05) is 0 Å². The fourth-order valence-corrected chi connectivity index (χ4v) is 2.24. The van der Waals surface area contributed by atoms with Gasteiger partial charge in [-0.1, -0.05) is 0 Å². The van der Waals surface area contributed by atoms with Crippen LogP contribution in [-0.4, -0.2) is 56.4 Å². The van der Waals surface area contributed by atoms with Crippen molar-refractivity contribution in [2.45, 2.75) is 25.7 Å². The third kappa shape index (κ3) is 6.08. The zero-order valence-electron chi connectivity index (χ0n) is 14.5. The number of aliphatic hydroxyl groups is 1. The molecule has 28 heavy (non-hydrogen) atoms. The van der Waals surface area contributed by atoms with E-state index in [-0.39, 0.29) is 23.1 Å². The number of likely N-dealkylation sites (tertiary alicyclic amines) is 1. The number of amides is 1. The van der Waals surface area contributed by atoms with Crippen LogP contribution in [0.3, 0.4) is 0 Å². The molecule has 12 heteroatoms. The van der Waals surface area contributed by atoms with Crippen molar-refractivity contribution in [3.8, 4) is 11.4 Å². The van der Waals surface area contributed by atoms with Crippen molar-refractivity contribution in [1.29, 1.82) is 0 Å². The van der Waals surface area contributed by atoms with Gasteiger partial charge >= 0.3 is 6.36 Å². The number of carbonyl (C=O) groups excluding carboxylic acids is 1. The predicted octanol–water partition coefficient (Wildman–Crippen LogP) is 2.35. The van der Waals surface area contributed by atoms with Crippen LogP contribution in [0.15, 0.2) is 24.7 Å². The Morgan fingerprint density at radius 1 is 1.21 bits per heavy atom. The maximum atomic E-state index is 14.5. The highest BCUT2D eigenvalue weighted by Gasteiger charge is 2.26. The fraction of sp³-hybridized carbons (Fsp3) is 0.375.